The molecule has 0 radical (unpaired) electrons. The molecule has 0 saturated heterocycles. The van der Waals surface area contributed by atoms with Crippen LogP contribution in [0.3, 0.4) is 0 Å². The fourth-order valence-corrected chi connectivity index (χ4v) is 2.64. The van der Waals surface area contributed by atoms with Gasteiger partial charge >= 0.3 is 0 Å². The maximum atomic E-state index is 12.6. The predicted octanol–water partition coefficient (Wildman–Crippen LogP) is 1.67. The first-order valence-corrected chi connectivity index (χ1v) is 6.32. The summed E-state index contributed by atoms with van der Waals surface area (Å²) in [5, 5.41) is 19.2. The van der Waals surface area contributed by atoms with E-state index in [0.717, 1.165) is 0 Å². The Hall–Kier alpha value is -2.66. The fraction of sp³-hybridized carbons (Fsp3) is 0.125. The molecule has 5 nitrogen and oxygen atoms in total. The van der Waals surface area contributed by atoms with Crippen LogP contribution in [0.25, 0.3) is 0 Å². The quantitative estimate of drug-likeness (QED) is 0.748. The molecule has 5 heteroatoms. The van der Waals surface area contributed by atoms with E-state index in [1.165, 1.54) is 31.4 Å². The number of ether oxygens (including phenoxy) is 1. The molecule has 0 spiro atoms. The van der Waals surface area contributed by atoms with Gasteiger partial charge in [0.25, 0.3) is 0 Å². The molecule has 106 valence electrons. The predicted molar refractivity (Wildman–Crippen MR) is 73.9 cm³/mol. The number of methoxy groups -OCH3 is 1. The largest absolute Gasteiger partial charge is 0.507 e. The number of hydrogen-bond donors (Lipinski definition) is 2. The van der Waals surface area contributed by atoms with Gasteiger partial charge in [-0.1, -0.05) is 18.2 Å². The van der Waals surface area contributed by atoms with Crippen LogP contribution in [-0.2, 0) is 6.61 Å². The molecule has 2 N–H and O–H groups in total. The van der Waals surface area contributed by atoms with Gasteiger partial charge in [-0.25, -0.2) is 0 Å². The number of ketones is 2. The highest BCUT2D eigenvalue weighted by molar-refractivity contribution is 6.30. The molecule has 21 heavy (non-hydrogen) atoms. The van der Waals surface area contributed by atoms with Crippen LogP contribution in [0, 0.1) is 0 Å². The third-order valence-corrected chi connectivity index (χ3v) is 3.60. The van der Waals surface area contributed by atoms with Gasteiger partial charge in [-0.3, -0.25) is 9.59 Å². The van der Waals surface area contributed by atoms with Crippen molar-refractivity contribution in [1.82, 2.24) is 0 Å². The number of phenols is 1. The second-order valence-corrected chi connectivity index (χ2v) is 4.70. The van der Waals surface area contributed by atoms with E-state index in [0.29, 0.717) is 5.56 Å². The van der Waals surface area contributed by atoms with Crippen molar-refractivity contribution in [1.29, 1.82) is 0 Å². The van der Waals surface area contributed by atoms with Crippen LogP contribution in [0.15, 0.2) is 30.3 Å². The number of benzene rings is 2. The smallest absolute Gasteiger partial charge is 0.201 e. The van der Waals surface area contributed by atoms with Gasteiger partial charge in [0.05, 0.1) is 24.8 Å². The number of phenolic OH excluding ortho intramolecular Hbond substituents is 1. The monoisotopic (exact) mass is 284 g/mol. The second-order valence-electron chi connectivity index (χ2n) is 4.70. The first kappa shape index (κ1) is 13.3. The van der Waals surface area contributed by atoms with E-state index in [4.69, 9.17) is 4.74 Å². The van der Waals surface area contributed by atoms with E-state index in [9.17, 15) is 19.8 Å². The molecule has 1 aliphatic carbocycles. The van der Waals surface area contributed by atoms with Crippen LogP contribution in [0.1, 0.15) is 37.4 Å². The van der Waals surface area contributed by atoms with Crippen molar-refractivity contribution in [2.75, 3.05) is 7.11 Å². The van der Waals surface area contributed by atoms with Crippen molar-refractivity contribution < 1.29 is 24.5 Å². The topological polar surface area (TPSA) is 83.8 Å². The van der Waals surface area contributed by atoms with Crippen LogP contribution < -0.4 is 4.74 Å². The van der Waals surface area contributed by atoms with Gasteiger partial charge in [-0.2, -0.15) is 0 Å². The molecule has 0 amide bonds. The van der Waals surface area contributed by atoms with Crippen molar-refractivity contribution in [2.45, 2.75) is 6.61 Å². The molecule has 0 atom stereocenters. The lowest BCUT2D eigenvalue weighted by molar-refractivity contribution is 0.0973. The van der Waals surface area contributed by atoms with Crippen molar-refractivity contribution in [3.05, 3.63) is 58.1 Å². The summed E-state index contributed by atoms with van der Waals surface area (Å²) in [5.41, 5.74) is 0.862. The summed E-state index contributed by atoms with van der Waals surface area (Å²) < 4.78 is 5.19. The molecule has 1 aliphatic rings. The zero-order valence-electron chi connectivity index (χ0n) is 11.2. The molecule has 0 unspecified atom stereocenters. The van der Waals surface area contributed by atoms with Gasteiger partial charge in [0.1, 0.15) is 11.5 Å². The first-order chi connectivity index (χ1) is 10.1. The SMILES string of the molecule is COc1c(CO)ccc2c1C(=O)c1c(O)cccc1C2=O. The van der Waals surface area contributed by atoms with E-state index in [2.05, 4.69) is 0 Å². The Morgan fingerprint density at radius 2 is 1.71 bits per heavy atom. The molecule has 0 heterocycles. The Kier molecular flexibility index (Phi) is 2.99. The third-order valence-electron chi connectivity index (χ3n) is 3.60. The molecule has 0 saturated carbocycles. The highest BCUT2D eigenvalue weighted by Crippen LogP contribution is 2.38. The minimum absolute atomic E-state index is 0.0246. The van der Waals surface area contributed by atoms with Crippen molar-refractivity contribution in [3.8, 4) is 11.5 Å². The standard InChI is InChI=1S/C16H12O5/c1-21-16-8(7-17)5-6-10-13(16)15(20)12-9(14(10)19)3-2-4-11(12)18/h2-6,17-18H,7H2,1H3. The maximum absolute atomic E-state index is 12.6. The fourth-order valence-electron chi connectivity index (χ4n) is 2.64. The number of carbonyl (C=O) groups is 2. The van der Waals surface area contributed by atoms with Gasteiger partial charge in [0, 0.05) is 16.7 Å². The first-order valence-electron chi connectivity index (χ1n) is 6.32. The molecule has 0 aromatic heterocycles. The molecule has 0 aliphatic heterocycles. The van der Waals surface area contributed by atoms with Crippen LogP contribution in [0.2, 0.25) is 0 Å². The van der Waals surface area contributed by atoms with Crippen molar-refractivity contribution in [2.24, 2.45) is 0 Å². The Bertz CT molecular complexity index is 776. The number of aliphatic hydroxyl groups is 1. The summed E-state index contributed by atoms with van der Waals surface area (Å²) in [5.74, 6) is -0.904. The van der Waals surface area contributed by atoms with Gasteiger partial charge < -0.3 is 14.9 Å². The highest BCUT2D eigenvalue weighted by atomic mass is 16.5. The minimum atomic E-state index is -0.482. The van der Waals surface area contributed by atoms with Crippen LogP contribution in [0.5, 0.6) is 11.5 Å². The minimum Gasteiger partial charge on any atom is -0.507 e. The summed E-state index contributed by atoms with van der Waals surface area (Å²) >= 11 is 0. The van der Waals surface area contributed by atoms with Gasteiger partial charge in [-0.05, 0) is 12.1 Å². The molecule has 2 aromatic rings. The van der Waals surface area contributed by atoms with E-state index in [1.54, 1.807) is 6.07 Å². The normalized spacial score (nSPS) is 12.9. The van der Waals surface area contributed by atoms with Crippen LogP contribution >= 0.6 is 0 Å². The van der Waals surface area contributed by atoms with Crippen molar-refractivity contribution in [3.63, 3.8) is 0 Å². The zero-order chi connectivity index (χ0) is 15.1. The lowest BCUT2D eigenvalue weighted by atomic mass is 9.82. The van der Waals surface area contributed by atoms with Crippen LogP contribution in [-0.4, -0.2) is 28.9 Å². The Balaban J connectivity index is 2.36. The maximum Gasteiger partial charge on any atom is 0.201 e. The number of fused-ring (bicyclic) bond motifs is 2. The average molecular weight is 284 g/mol. The van der Waals surface area contributed by atoms with E-state index in [-0.39, 0.29) is 46.1 Å². The number of aromatic hydroxyl groups is 1. The summed E-state index contributed by atoms with van der Waals surface area (Å²) in [4.78, 5) is 25.1. The second kappa shape index (κ2) is 4.71. The number of rotatable bonds is 2. The summed E-state index contributed by atoms with van der Waals surface area (Å²) in [6.45, 7) is -0.314. The molecule has 3 rings (SSSR count). The zero-order valence-corrected chi connectivity index (χ0v) is 11.2. The summed E-state index contributed by atoms with van der Waals surface area (Å²) in [6.07, 6.45) is 0. The summed E-state index contributed by atoms with van der Waals surface area (Å²) in [6, 6.07) is 7.43. The number of carbonyl (C=O) groups excluding carboxylic acids is 2. The Labute approximate surface area is 120 Å². The lowest BCUT2D eigenvalue weighted by Gasteiger charge is -2.21. The molecule has 0 bridgehead atoms. The van der Waals surface area contributed by atoms with E-state index in [1.807, 2.05) is 0 Å². The molecule has 0 fully saturated rings. The number of aliphatic hydroxyl groups excluding tert-OH is 1. The number of hydrogen-bond acceptors (Lipinski definition) is 5. The Morgan fingerprint density at radius 1 is 1.00 bits per heavy atom. The van der Waals surface area contributed by atoms with Gasteiger partial charge in [0.2, 0.25) is 5.78 Å². The van der Waals surface area contributed by atoms with Crippen LogP contribution in [0.4, 0.5) is 0 Å². The molecular formula is C16H12O5. The van der Waals surface area contributed by atoms with Gasteiger partial charge in [-0.15, -0.1) is 0 Å². The third kappa shape index (κ3) is 1.75. The summed E-state index contributed by atoms with van der Waals surface area (Å²) in [7, 11) is 1.37. The Morgan fingerprint density at radius 3 is 2.38 bits per heavy atom. The lowest BCUT2D eigenvalue weighted by Crippen LogP contribution is -2.22. The van der Waals surface area contributed by atoms with E-state index >= 15 is 0 Å². The van der Waals surface area contributed by atoms with Gasteiger partial charge in [0.15, 0.2) is 5.78 Å². The molecular weight excluding hydrogens is 272 g/mol. The highest BCUT2D eigenvalue weighted by Gasteiger charge is 2.35. The van der Waals surface area contributed by atoms with Crippen molar-refractivity contribution >= 4 is 11.6 Å². The average Bonchev–Trinajstić information content (AvgIpc) is 2.50. The van der Waals surface area contributed by atoms with E-state index < -0.39 is 5.78 Å². The molecule has 2 aromatic carbocycles.